The Balaban J connectivity index is 1.21. The number of carbonyl (C=O) groups excluding carboxylic acids is 1. The lowest BCUT2D eigenvalue weighted by Crippen LogP contribution is -2.14. The SMILES string of the molecule is Cc1ccc(-c2nccc3[nH]c(-c4n[nH]c5ccc(-c6cncc(NC(=O)Cc7ccccc7)c6)nc45)nc23)s1. The number of imidazole rings is 1. The molecule has 1 aromatic carbocycles. The second kappa shape index (κ2) is 9.83. The minimum absolute atomic E-state index is 0.109. The van der Waals surface area contributed by atoms with E-state index < -0.39 is 0 Å². The normalized spacial score (nSPS) is 11.3. The molecule has 0 saturated heterocycles. The van der Waals surface area contributed by atoms with E-state index in [0.717, 1.165) is 38.2 Å². The number of fused-ring (bicyclic) bond motifs is 2. The fourth-order valence-corrected chi connectivity index (χ4v) is 5.51. The number of rotatable bonds is 6. The number of aromatic nitrogens is 7. The number of hydrogen-bond donors (Lipinski definition) is 3. The molecule has 3 N–H and O–H groups in total. The van der Waals surface area contributed by atoms with Crippen LogP contribution in [-0.2, 0) is 11.2 Å². The van der Waals surface area contributed by atoms with Crippen LogP contribution in [0.1, 0.15) is 10.4 Å². The average Bonchev–Trinajstić information content (AvgIpc) is 3.71. The monoisotopic (exact) mass is 542 g/mol. The summed E-state index contributed by atoms with van der Waals surface area (Å²) in [6, 6.07) is 21.4. The van der Waals surface area contributed by atoms with E-state index in [1.54, 1.807) is 29.9 Å². The van der Waals surface area contributed by atoms with Crippen LogP contribution in [0.2, 0.25) is 0 Å². The second-order valence-corrected chi connectivity index (χ2v) is 10.7. The van der Waals surface area contributed by atoms with Crippen LogP contribution in [0.15, 0.2) is 85.3 Å². The van der Waals surface area contributed by atoms with Crippen molar-refractivity contribution in [3.63, 3.8) is 0 Å². The fourth-order valence-electron chi connectivity index (χ4n) is 4.65. The van der Waals surface area contributed by atoms with Crippen molar-refractivity contribution in [1.29, 1.82) is 0 Å². The Labute approximate surface area is 232 Å². The number of benzene rings is 1. The predicted molar refractivity (Wildman–Crippen MR) is 157 cm³/mol. The minimum atomic E-state index is -0.109. The van der Waals surface area contributed by atoms with E-state index in [4.69, 9.17) is 9.97 Å². The standard InChI is InChI=1S/C30H22N8OS/c1-17-7-10-24(40-17)28-26-22(11-12-32-28)35-30(36-26)29-27-23(37-38-29)9-8-21(34-27)19-14-20(16-31-15-19)33-25(39)13-18-5-3-2-4-6-18/h2-12,14-16H,13H2,1H3,(H,33,39)(H,35,36)(H,37,38). The third kappa shape index (κ3) is 4.50. The second-order valence-electron chi connectivity index (χ2n) is 9.39. The summed E-state index contributed by atoms with van der Waals surface area (Å²) >= 11 is 1.69. The molecule has 0 radical (unpaired) electrons. The number of amides is 1. The number of nitrogens with one attached hydrogen (secondary N) is 3. The van der Waals surface area contributed by atoms with Gasteiger partial charge >= 0.3 is 0 Å². The Morgan fingerprint density at radius 1 is 0.925 bits per heavy atom. The number of aryl methyl sites for hydroxylation is 1. The Morgan fingerprint density at radius 2 is 1.80 bits per heavy atom. The van der Waals surface area contributed by atoms with Crippen molar-refractivity contribution in [2.75, 3.05) is 5.32 Å². The van der Waals surface area contributed by atoms with Crippen molar-refractivity contribution in [2.45, 2.75) is 13.3 Å². The molecule has 0 unspecified atom stereocenters. The zero-order valence-electron chi connectivity index (χ0n) is 21.3. The van der Waals surface area contributed by atoms with E-state index >= 15 is 0 Å². The first-order valence-corrected chi connectivity index (χ1v) is 13.5. The molecular formula is C30H22N8OS. The van der Waals surface area contributed by atoms with Crippen LogP contribution in [0.4, 0.5) is 5.69 Å². The first-order chi connectivity index (χ1) is 19.6. The van der Waals surface area contributed by atoms with Gasteiger partial charge < -0.3 is 10.3 Å². The molecule has 6 aromatic heterocycles. The predicted octanol–water partition coefficient (Wildman–Crippen LogP) is 6.18. The van der Waals surface area contributed by atoms with Gasteiger partial charge in [-0.1, -0.05) is 30.3 Å². The van der Waals surface area contributed by atoms with Gasteiger partial charge in [0.2, 0.25) is 5.91 Å². The average molecular weight is 543 g/mol. The summed E-state index contributed by atoms with van der Waals surface area (Å²) in [5.74, 6) is 0.496. The zero-order valence-corrected chi connectivity index (χ0v) is 22.2. The number of H-pyrrole nitrogens is 2. The van der Waals surface area contributed by atoms with Crippen LogP contribution in [0.25, 0.3) is 55.4 Å². The number of thiophene rings is 1. The van der Waals surface area contributed by atoms with Crippen molar-refractivity contribution in [2.24, 2.45) is 0 Å². The van der Waals surface area contributed by atoms with Gasteiger partial charge in [-0.2, -0.15) is 5.10 Å². The molecule has 1 amide bonds. The minimum Gasteiger partial charge on any atom is -0.336 e. The number of hydrogen-bond acceptors (Lipinski definition) is 7. The lowest BCUT2D eigenvalue weighted by atomic mass is 10.1. The van der Waals surface area contributed by atoms with Crippen LogP contribution in [-0.4, -0.2) is 41.0 Å². The molecule has 7 rings (SSSR count). The fraction of sp³-hybridized carbons (Fsp3) is 0.0667. The van der Waals surface area contributed by atoms with Crippen molar-refractivity contribution < 1.29 is 4.79 Å². The smallest absolute Gasteiger partial charge is 0.228 e. The van der Waals surface area contributed by atoms with Gasteiger partial charge in [0.05, 0.1) is 39.9 Å². The highest BCUT2D eigenvalue weighted by Crippen LogP contribution is 2.33. The summed E-state index contributed by atoms with van der Waals surface area (Å²) in [5.41, 5.74) is 7.60. The molecule has 9 nitrogen and oxygen atoms in total. The van der Waals surface area contributed by atoms with E-state index in [-0.39, 0.29) is 12.3 Å². The number of pyridine rings is 3. The molecule has 0 aliphatic carbocycles. The molecule has 0 spiro atoms. The number of anilines is 1. The van der Waals surface area contributed by atoms with Crippen LogP contribution in [0.3, 0.4) is 0 Å². The van der Waals surface area contributed by atoms with Crippen LogP contribution in [0.5, 0.6) is 0 Å². The maximum Gasteiger partial charge on any atom is 0.228 e. The van der Waals surface area contributed by atoms with Crippen LogP contribution < -0.4 is 5.32 Å². The lowest BCUT2D eigenvalue weighted by Gasteiger charge is -2.07. The van der Waals surface area contributed by atoms with Crippen molar-refractivity contribution >= 4 is 45.0 Å². The van der Waals surface area contributed by atoms with E-state index in [1.165, 1.54) is 4.88 Å². The van der Waals surface area contributed by atoms with Gasteiger partial charge in [-0.05, 0) is 48.9 Å². The van der Waals surface area contributed by atoms with Crippen LogP contribution in [0, 0.1) is 6.92 Å². The van der Waals surface area contributed by atoms with Crippen LogP contribution >= 0.6 is 11.3 Å². The van der Waals surface area contributed by atoms with Gasteiger partial charge in [0.25, 0.3) is 0 Å². The van der Waals surface area contributed by atoms with Gasteiger partial charge in [-0.15, -0.1) is 11.3 Å². The topological polar surface area (TPSA) is 125 Å². The highest BCUT2D eigenvalue weighted by Gasteiger charge is 2.18. The Kier molecular flexibility index (Phi) is 5.86. The Hall–Kier alpha value is -5.22. The summed E-state index contributed by atoms with van der Waals surface area (Å²) in [5, 5.41) is 10.5. The van der Waals surface area contributed by atoms with Gasteiger partial charge in [0, 0.05) is 22.8 Å². The molecule has 0 atom stereocenters. The molecule has 0 saturated carbocycles. The van der Waals surface area contributed by atoms with E-state index in [9.17, 15) is 4.79 Å². The molecule has 0 aliphatic heterocycles. The maximum atomic E-state index is 12.6. The lowest BCUT2D eigenvalue weighted by molar-refractivity contribution is -0.115. The van der Waals surface area contributed by atoms with E-state index in [1.807, 2.05) is 54.6 Å². The van der Waals surface area contributed by atoms with E-state index in [2.05, 4.69) is 49.5 Å². The first kappa shape index (κ1) is 23.9. The molecule has 194 valence electrons. The quantitative estimate of drug-likeness (QED) is 0.231. The molecular weight excluding hydrogens is 520 g/mol. The highest BCUT2D eigenvalue weighted by molar-refractivity contribution is 7.15. The summed E-state index contributed by atoms with van der Waals surface area (Å²) in [6.07, 6.45) is 5.42. The first-order valence-electron chi connectivity index (χ1n) is 12.7. The summed E-state index contributed by atoms with van der Waals surface area (Å²) in [6.45, 7) is 2.08. The maximum absolute atomic E-state index is 12.6. The van der Waals surface area contributed by atoms with Crippen molar-refractivity contribution in [3.8, 4) is 33.3 Å². The number of aromatic amines is 2. The summed E-state index contributed by atoms with van der Waals surface area (Å²) in [4.78, 5) is 37.0. The molecule has 6 heterocycles. The Bertz CT molecular complexity index is 2010. The van der Waals surface area contributed by atoms with Crippen molar-refractivity contribution in [3.05, 3.63) is 95.8 Å². The van der Waals surface area contributed by atoms with Gasteiger partial charge in [0.15, 0.2) is 11.5 Å². The summed E-state index contributed by atoms with van der Waals surface area (Å²) < 4.78 is 0. The molecule has 7 aromatic rings. The zero-order chi connectivity index (χ0) is 27.1. The molecule has 0 aliphatic rings. The molecule has 10 heteroatoms. The summed E-state index contributed by atoms with van der Waals surface area (Å²) in [7, 11) is 0. The largest absolute Gasteiger partial charge is 0.336 e. The third-order valence-corrected chi connectivity index (χ3v) is 7.54. The molecule has 0 bridgehead atoms. The Morgan fingerprint density at radius 3 is 2.65 bits per heavy atom. The molecule has 40 heavy (non-hydrogen) atoms. The third-order valence-electron chi connectivity index (χ3n) is 6.53. The molecule has 0 fully saturated rings. The van der Waals surface area contributed by atoms with Gasteiger partial charge in [-0.3, -0.25) is 19.9 Å². The van der Waals surface area contributed by atoms with Crippen molar-refractivity contribution in [1.82, 2.24) is 35.1 Å². The number of nitrogens with zero attached hydrogens (tertiary/aromatic N) is 5. The highest BCUT2D eigenvalue weighted by atomic mass is 32.1. The van der Waals surface area contributed by atoms with Gasteiger partial charge in [0.1, 0.15) is 16.7 Å². The van der Waals surface area contributed by atoms with E-state index in [0.29, 0.717) is 28.4 Å². The number of carbonyl (C=O) groups is 1. The van der Waals surface area contributed by atoms with Gasteiger partial charge in [-0.25, -0.2) is 9.97 Å².